The number of sulfonamides is 1. The zero-order valence-corrected chi connectivity index (χ0v) is 18.5. The van der Waals surface area contributed by atoms with E-state index in [1.165, 1.54) is 28.6 Å². The van der Waals surface area contributed by atoms with Gasteiger partial charge in [-0.2, -0.15) is 4.31 Å². The Morgan fingerprint density at radius 2 is 1.77 bits per heavy atom. The van der Waals surface area contributed by atoms with Gasteiger partial charge < -0.3 is 15.0 Å². The quantitative estimate of drug-likeness (QED) is 0.657. The molecule has 3 rings (SSSR count). The number of nitrogens with one attached hydrogen (secondary N) is 2. The molecule has 8 nitrogen and oxygen atoms in total. The minimum Gasteiger partial charge on any atom is -0.462 e. The lowest BCUT2D eigenvalue weighted by Crippen LogP contribution is -2.41. The Kier molecular flexibility index (Phi) is 6.80. The molecule has 2 N–H and O–H groups in total. The van der Waals surface area contributed by atoms with Crippen LogP contribution in [0.3, 0.4) is 0 Å². The predicted octanol–water partition coefficient (Wildman–Crippen LogP) is 2.99. The highest BCUT2D eigenvalue weighted by Gasteiger charge is 2.37. The number of amides is 1. The number of rotatable bonds is 6. The predicted molar refractivity (Wildman–Crippen MR) is 113 cm³/mol. The molecule has 31 heavy (non-hydrogen) atoms. The minimum absolute atomic E-state index is 0.0236. The number of carbonyl (C=O) groups is 2. The van der Waals surface area contributed by atoms with E-state index >= 15 is 0 Å². The summed E-state index contributed by atoms with van der Waals surface area (Å²) in [4.78, 5) is 27.7. The van der Waals surface area contributed by atoms with E-state index in [0.717, 1.165) is 0 Å². The van der Waals surface area contributed by atoms with Gasteiger partial charge in [-0.3, -0.25) is 4.79 Å². The van der Waals surface area contributed by atoms with E-state index in [2.05, 4.69) is 10.3 Å². The minimum atomic E-state index is -3.95. The van der Waals surface area contributed by atoms with Crippen LogP contribution < -0.4 is 5.32 Å². The Morgan fingerprint density at radius 3 is 2.35 bits per heavy atom. The van der Waals surface area contributed by atoms with Crippen molar-refractivity contribution < 1.29 is 27.1 Å². The van der Waals surface area contributed by atoms with Crippen LogP contribution in [0.15, 0.2) is 29.2 Å². The van der Waals surface area contributed by atoms with Crippen molar-refractivity contribution in [2.45, 2.75) is 38.5 Å². The van der Waals surface area contributed by atoms with E-state index in [-0.39, 0.29) is 42.0 Å². The van der Waals surface area contributed by atoms with Gasteiger partial charge in [0.15, 0.2) is 0 Å². The molecule has 0 bridgehead atoms. The van der Waals surface area contributed by atoms with Gasteiger partial charge in [0.1, 0.15) is 16.3 Å². The highest BCUT2D eigenvalue weighted by molar-refractivity contribution is 7.89. The standard InChI is InChI=1S/C21H26FN3O5S/c1-4-30-21(27)18-13(2)23-14(3)19(18)31(28,29)25-11-9-15(10-12-25)20(26)24-17-7-5-16(22)6-8-17/h5-8,15,23H,4,9-12H2,1-3H3,(H,24,26). The summed E-state index contributed by atoms with van der Waals surface area (Å²) in [7, 11) is -3.95. The zero-order valence-electron chi connectivity index (χ0n) is 17.7. The molecule has 0 atom stereocenters. The number of nitrogens with zero attached hydrogens (tertiary/aromatic N) is 1. The third-order valence-corrected chi connectivity index (χ3v) is 7.40. The van der Waals surface area contributed by atoms with Crippen LogP contribution in [-0.2, 0) is 19.6 Å². The fourth-order valence-electron chi connectivity index (χ4n) is 3.79. The molecule has 1 aromatic carbocycles. The lowest BCUT2D eigenvalue weighted by Gasteiger charge is -2.30. The largest absolute Gasteiger partial charge is 0.462 e. The number of ether oxygens (including phenoxy) is 1. The van der Waals surface area contributed by atoms with Crippen molar-refractivity contribution in [2.75, 3.05) is 25.0 Å². The van der Waals surface area contributed by atoms with Crippen LogP contribution in [0.4, 0.5) is 10.1 Å². The van der Waals surface area contributed by atoms with Crippen molar-refractivity contribution in [3.8, 4) is 0 Å². The zero-order chi connectivity index (χ0) is 22.8. The van der Waals surface area contributed by atoms with Crippen molar-refractivity contribution in [1.29, 1.82) is 0 Å². The van der Waals surface area contributed by atoms with Crippen LogP contribution in [0.5, 0.6) is 0 Å². The number of hydrogen-bond donors (Lipinski definition) is 2. The number of halogens is 1. The van der Waals surface area contributed by atoms with Crippen molar-refractivity contribution in [3.63, 3.8) is 0 Å². The van der Waals surface area contributed by atoms with Gasteiger partial charge in [0.05, 0.1) is 6.61 Å². The molecule has 0 aliphatic carbocycles. The van der Waals surface area contributed by atoms with Gasteiger partial charge in [-0.1, -0.05) is 0 Å². The monoisotopic (exact) mass is 451 g/mol. The van der Waals surface area contributed by atoms with Crippen LogP contribution in [0, 0.1) is 25.6 Å². The first kappa shape index (κ1) is 23.0. The topological polar surface area (TPSA) is 109 Å². The summed E-state index contributed by atoms with van der Waals surface area (Å²) in [5.74, 6) is -1.68. The van der Waals surface area contributed by atoms with Crippen LogP contribution >= 0.6 is 0 Å². The van der Waals surface area contributed by atoms with E-state index in [1.807, 2.05) is 0 Å². The van der Waals surface area contributed by atoms with E-state index in [0.29, 0.717) is 29.9 Å². The van der Waals surface area contributed by atoms with Crippen molar-refractivity contribution in [1.82, 2.24) is 9.29 Å². The van der Waals surface area contributed by atoms with Crippen molar-refractivity contribution >= 4 is 27.6 Å². The molecule has 10 heteroatoms. The number of anilines is 1. The summed E-state index contributed by atoms with van der Waals surface area (Å²) < 4.78 is 46.0. The number of benzene rings is 1. The maximum atomic E-state index is 13.3. The SMILES string of the molecule is CCOC(=O)c1c(C)[nH]c(C)c1S(=O)(=O)N1CCC(C(=O)Nc2ccc(F)cc2)CC1. The molecule has 2 aromatic rings. The second-order valence-corrected chi connectivity index (χ2v) is 9.35. The van der Waals surface area contributed by atoms with Gasteiger partial charge in [-0.05, 0) is 57.9 Å². The normalized spacial score (nSPS) is 15.6. The smallest absolute Gasteiger partial charge is 0.341 e. The summed E-state index contributed by atoms with van der Waals surface area (Å²) in [6, 6.07) is 5.46. The Labute approximate surface area is 180 Å². The number of piperidine rings is 1. The lowest BCUT2D eigenvalue weighted by atomic mass is 9.97. The average molecular weight is 452 g/mol. The van der Waals surface area contributed by atoms with Gasteiger partial charge in [0.25, 0.3) is 0 Å². The molecule has 1 saturated heterocycles. The van der Waals surface area contributed by atoms with Crippen LogP contribution in [-0.4, -0.2) is 49.3 Å². The first-order chi connectivity index (χ1) is 14.6. The Hall–Kier alpha value is -2.72. The highest BCUT2D eigenvalue weighted by Crippen LogP contribution is 2.30. The van der Waals surface area contributed by atoms with Gasteiger partial charge in [0, 0.05) is 36.1 Å². The fraction of sp³-hybridized carbons (Fsp3) is 0.429. The molecule has 168 valence electrons. The molecule has 1 aromatic heterocycles. The molecule has 0 spiro atoms. The number of aromatic amines is 1. The maximum absolute atomic E-state index is 13.3. The van der Waals surface area contributed by atoms with E-state index < -0.39 is 21.8 Å². The molecular weight excluding hydrogens is 425 g/mol. The van der Waals surface area contributed by atoms with E-state index in [4.69, 9.17) is 4.74 Å². The first-order valence-corrected chi connectivity index (χ1v) is 11.5. The van der Waals surface area contributed by atoms with E-state index in [1.54, 1.807) is 20.8 Å². The average Bonchev–Trinajstić information content (AvgIpc) is 3.04. The summed E-state index contributed by atoms with van der Waals surface area (Å²) in [5.41, 5.74) is 1.31. The molecule has 0 unspecified atom stereocenters. The molecular formula is C21H26FN3O5S. The number of carbonyl (C=O) groups excluding carboxylic acids is 2. The molecule has 0 saturated carbocycles. The summed E-state index contributed by atoms with van der Waals surface area (Å²) in [5, 5.41) is 2.73. The Bertz CT molecular complexity index is 1070. The number of hydrogen-bond acceptors (Lipinski definition) is 5. The second kappa shape index (κ2) is 9.19. The molecule has 1 aliphatic rings. The van der Waals surface area contributed by atoms with Gasteiger partial charge in [-0.25, -0.2) is 17.6 Å². The maximum Gasteiger partial charge on any atom is 0.341 e. The highest BCUT2D eigenvalue weighted by atomic mass is 32.2. The second-order valence-electron chi connectivity index (χ2n) is 7.47. The number of esters is 1. The van der Waals surface area contributed by atoms with Crippen LogP contribution in [0.25, 0.3) is 0 Å². The molecule has 1 amide bonds. The van der Waals surface area contributed by atoms with Crippen molar-refractivity contribution in [2.24, 2.45) is 5.92 Å². The first-order valence-electron chi connectivity index (χ1n) is 10.1. The third-order valence-electron chi connectivity index (χ3n) is 5.33. The van der Waals surface area contributed by atoms with Crippen molar-refractivity contribution in [3.05, 3.63) is 47.0 Å². The Morgan fingerprint density at radius 1 is 1.16 bits per heavy atom. The van der Waals surface area contributed by atoms with Crippen LogP contribution in [0.1, 0.15) is 41.5 Å². The molecule has 1 aliphatic heterocycles. The van der Waals surface area contributed by atoms with Gasteiger partial charge in [-0.15, -0.1) is 0 Å². The van der Waals surface area contributed by atoms with Crippen LogP contribution in [0.2, 0.25) is 0 Å². The molecule has 1 fully saturated rings. The molecule has 0 radical (unpaired) electrons. The summed E-state index contributed by atoms with van der Waals surface area (Å²) in [6.45, 7) is 5.32. The number of aryl methyl sites for hydroxylation is 2. The number of aromatic nitrogens is 1. The lowest BCUT2D eigenvalue weighted by molar-refractivity contribution is -0.120. The van der Waals surface area contributed by atoms with E-state index in [9.17, 15) is 22.4 Å². The van der Waals surface area contributed by atoms with Gasteiger partial charge >= 0.3 is 5.97 Å². The Balaban J connectivity index is 1.72. The molecule has 2 heterocycles. The summed E-state index contributed by atoms with van der Waals surface area (Å²) >= 11 is 0. The fourth-order valence-corrected chi connectivity index (χ4v) is 5.68. The van der Waals surface area contributed by atoms with Gasteiger partial charge in [0.2, 0.25) is 15.9 Å². The third kappa shape index (κ3) is 4.80. The summed E-state index contributed by atoms with van der Waals surface area (Å²) in [6.07, 6.45) is 0.674. The number of H-pyrrole nitrogens is 1.